The average Bonchev–Trinajstić information content (AvgIpc) is 3.17. The molecule has 10 nitrogen and oxygen atoms in total. The van der Waals surface area contributed by atoms with Crippen molar-refractivity contribution in [3.05, 3.63) is 68.0 Å². The number of hydrogen-bond acceptors (Lipinski definition) is 8. The summed E-state index contributed by atoms with van der Waals surface area (Å²) in [7, 11) is 0. The van der Waals surface area contributed by atoms with Gasteiger partial charge in [0.1, 0.15) is 6.07 Å². The minimum absolute atomic E-state index is 0.0722. The van der Waals surface area contributed by atoms with E-state index in [4.69, 9.17) is 30.5 Å². The molecule has 2 aliphatic heterocycles. The van der Waals surface area contributed by atoms with E-state index in [1.807, 2.05) is 4.98 Å². The van der Waals surface area contributed by atoms with E-state index in [-0.39, 0.29) is 10.6 Å². The summed E-state index contributed by atoms with van der Waals surface area (Å²) in [6.07, 6.45) is -1.98. The minimum Gasteiger partial charge on any atom is -0.456 e. The highest BCUT2D eigenvalue weighted by molar-refractivity contribution is 6.30. The number of carbonyl (C=O) groups excluding carboxylic acids is 1. The minimum atomic E-state index is -2.86. The number of benzene rings is 1. The Balaban J connectivity index is 1.70. The van der Waals surface area contributed by atoms with Gasteiger partial charge in [0.15, 0.2) is 24.6 Å². The molecule has 0 amide bonds. The van der Waals surface area contributed by atoms with E-state index in [0.717, 1.165) is 12.3 Å². The highest BCUT2D eigenvalue weighted by Gasteiger charge is 2.72. The molecule has 12 heteroatoms. The van der Waals surface area contributed by atoms with Gasteiger partial charge in [-0.25, -0.2) is 14.0 Å². The van der Waals surface area contributed by atoms with Crippen LogP contribution in [0.2, 0.25) is 5.02 Å². The van der Waals surface area contributed by atoms with Crippen LogP contribution in [0.1, 0.15) is 24.2 Å². The van der Waals surface area contributed by atoms with E-state index < -0.39 is 53.4 Å². The first-order valence-corrected chi connectivity index (χ1v) is 9.79. The molecule has 0 bridgehead atoms. The van der Waals surface area contributed by atoms with Crippen molar-refractivity contribution in [1.29, 1.82) is 5.26 Å². The molecule has 1 aromatic heterocycles. The zero-order valence-corrected chi connectivity index (χ0v) is 17.6. The summed E-state index contributed by atoms with van der Waals surface area (Å²) < 4.78 is 38.6. The summed E-state index contributed by atoms with van der Waals surface area (Å²) in [6, 6.07) is 8.56. The Morgan fingerprint density at radius 3 is 2.69 bits per heavy atom. The highest BCUT2D eigenvalue weighted by atomic mass is 35.5. The summed E-state index contributed by atoms with van der Waals surface area (Å²) in [5.74, 6) is -5.10. The van der Waals surface area contributed by atoms with Gasteiger partial charge in [0.05, 0.1) is 5.56 Å². The van der Waals surface area contributed by atoms with E-state index in [9.17, 15) is 19.6 Å². The standard InChI is InChI=1S/C20H17ClFN3O7/c1-18(2)30-14-15(31-18)20(9-23,25-7-6-13(26)24-17(25)28)32-19(14,22)10-29-16(27)11-4-3-5-12(21)8-11/h3-8,14-15H,10H2,1-2H3,(H,24,26,28)/t14?,15-,19+,20+/m0/s1. The number of H-pyrrole nitrogens is 1. The number of halogens is 2. The fourth-order valence-corrected chi connectivity index (χ4v) is 3.91. The fraction of sp³-hybridized carbons (Fsp3) is 0.400. The van der Waals surface area contributed by atoms with Gasteiger partial charge in [0.2, 0.25) is 0 Å². The van der Waals surface area contributed by atoms with Gasteiger partial charge in [-0.3, -0.25) is 19.1 Å². The lowest BCUT2D eigenvalue weighted by molar-refractivity contribution is -0.283. The summed E-state index contributed by atoms with van der Waals surface area (Å²) >= 11 is 5.86. The predicted octanol–water partition coefficient (Wildman–Crippen LogP) is 1.44. The Hall–Kier alpha value is -3.04. The number of fused-ring (bicyclic) bond motifs is 1. The molecule has 32 heavy (non-hydrogen) atoms. The molecule has 0 spiro atoms. The van der Waals surface area contributed by atoms with E-state index in [1.54, 1.807) is 12.1 Å². The molecule has 1 unspecified atom stereocenters. The molecule has 3 heterocycles. The van der Waals surface area contributed by atoms with Crippen LogP contribution in [0.3, 0.4) is 0 Å². The zero-order chi connectivity index (χ0) is 23.3. The van der Waals surface area contributed by atoms with E-state index in [0.29, 0.717) is 4.57 Å². The third-order valence-electron chi connectivity index (χ3n) is 5.03. The molecule has 168 valence electrons. The van der Waals surface area contributed by atoms with E-state index in [2.05, 4.69) is 0 Å². The number of rotatable bonds is 4. The van der Waals surface area contributed by atoms with Gasteiger partial charge in [0.25, 0.3) is 17.1 Å². The van der Waals surface area contributed by atoms with Gasteiger partial charge in [-0.15, -0.1) is 0 Å². The monoisotopic (exact) mass is 465 g/mol. The van der Waals surface area contributed by atoms with Crippen LogP contribution < -0.4 is 11.2 Å². The van der Waals surface area contributed by atoms with Crippen LogP contribution in [0.5, 0.6) is 0 Å². The highest BCUT2D eigenvalue weighted by Crippen LogP contribution is 2.51. The maximum absolute atomic E-state index is 16.1. The van der Waals surface area contributed by atoms with Crippen LogP contribution in [-0.2, 0) is 24.7 Å². The van der Waals surface area contributed by atoms with Gasteiger partial charge < -0.3 is 14.2 Å². The van der Waals surface area contributed by atoms with Crippen molar-refractivity contribution in [2.45, 2.75) is 43.4 Å². The van der Waals surface area contributed by atoms with Crippen LogP contribution in [0, 0.1) is 11.3 Å². The lowest BCUT2D eigenvalue weighted by Crippen LogP contribution is -2.51. The first-order valence-electron chi connectivity index (χ1n) is 9.41. The summed E-state index contributed by atoms with van der Waals surface area (Å²) in [5.41, 5.74) is -4.02. The number of nitrogens with one attached hydrogen (secondary N) is 1. The molecule has 2 saturated heterocycles. The van der Waals surface area contributed by atoms with E-state index in [1.165, 1.54) is 32.0 Å². The van der Waals surface area contributed by atoms with Crippen LogP contribution in [0.15, 0.2) is 46.1 Å². The Morgan fingerprint density at radius 1 is 1.31 bits per heavy atom. The zero-order valence-electron chi connectivity index (χ0n) is 16.8. The second kappa shape index (κ2) is 7.53. The summed E-state index contributed by atoms with van der Waals surface area (Å²) in [5, 5.41) is 10.2. The van der Waals surface area contributed by atoms with Gasteiger partial charge >= 0.3 is 11.7 Å². The number of esters is 1. The number of alkyl halides is 1. The number of hydrogen-bond donors (Lipinski definition) is 1. The maximum Gasteiger partial charge on any atom is 0.338 e. The van der Waals surface area contributed by atoms with Crippen molar-refractivity contribution < 1.29 is 28.1 Å². The third-order valence-corrected chi connectivity index (χ3v) is 5.27. The molecule has 2 aromatic rings. The van der Waals surface area contributed by atoms with Gasteiger partial charge in [-0.05, 0) is 32.0 Å². The van der Waals surface area contributed by atoms with Crippen LogP contribution >= 0.6 is 11.6 Å². The Bertz CT molecular complexity index is 1240. The third kappa shape index (κ3) is 3.61. The fourth-order valence-electron chi connectivity index (χ4n) is 3.72. The van der Waals surface area contributed by atoms with Gasteiger partial charge in [-0.1, -0.05) is 17.7 Å². The second-order valence-electron chi connectivity index (χ2n) is 7.74. The van der Waals surface area contributed by atoms with Gasteiger partial charge in [0, 0.05) is 17.3 Å². The topological polar surface area (TPSA) is 133 Å². The van der Waals surface area contributed by atoms with Crippen molar-refractivity contribution in [3.8, 4) is 6.07 Å². The van der Waals surface area contributed by atoms with Crippen LogP contribution in [0.4, 0.5) is 4.39 Å². The molecule has 0 saturated carbocycles. The molecule has 0 aliphatic carbocycles. The lowest BCUT2D eigenvalue weighted by atomic mass is 10.0. The summed E-state index contributed by atoms with van der Waals surface area (Å²) in [4.78, 5) is 38.2. The molecular formula is C20H17ClFN3O7. The molecule has 1 N–H and O–H groups in total. The molecular weight excluding hydrogens is 449 g/mol. The molecule has 2 fully saturated rings. The number of ether oxygens (including phenoxy) is 4. The van der Waals surface area contributed by atoms with Gasteiger partial charge in [-0.2, -0.15) is 5.26 Å². The van der Waals surface area contributed by atoms with Crippen molar-refractivity contribution in [2.24, 2.45) is 0 Å². The average molecular weight is 466 g/mol. The SMILES string of the molecule is CC1(C)OC2[C@H](O1)[C@](C#N)(n1ccc(=O)[nH]c1=O)O[C@]2(F)COC(=O)c1cccc(Cl)c1. The maximum atomic E-state index is 16.1. The lowest BCUT2D eigenvalue weighted by Gasteiger charge is -2.31. The number of aromatic nitrogens is 2. The summed E-state index contributed by atoms with van der Waals surface area (Å²) in [6.45, 7) is 2.00. The predicted molar refractivity (Wildman–Crippen MR) is 105 cm³/mol. The van der Waals surface area contributed by atoms with E-state index >= 15 is 4.39 Å². The van der Waals surface area contributed by atoms with Crippen molar-refractivity contribution in [1.82, 2.24) is 9.55 Å². The first-order chi connectivity index (χ1) is 15.0. The molecule has 1 aromatic carbocycles. The normalized spacial score (nSPS) is 30.5. The molecule has 4 atom stereocenters. The second-order valence-corrected chi connectivity index (χ2v) is 8.18. The Morgan fingerprint density at radius 2 is 2.03 bits per heavy atom. The van der Waals surface area contributed by atoms with Crippen LogP contribution in [-0.4, -0.2) is 46.0 Å². The largest absolute Gasteiger partial charge is 0.456 e. The molecule has 2 aliphatic rings. The first kappa shape index (κ1) is 22.2. The smallest absolute Gasteiger partial charge is 0.338 e. The van der Waals surface area contributed by atoms with Crippen molar-refractivity contribution in [3.63, 3.8) is 0 Å². The van der Waals surface area contributed by atoms with Crippen molar-refractivity contribution in [2.75, 3.05) is 6.61 Å². The number of nitriles is 1. The number of nitrogens with zero attached hydrogens (tertiary/aromatic N) is 2. The molecule has 0 radical (unpaired) electrons. The Labute approximate surface area is 185 Å². The quantitative estimate of drug-likeness (QED) is 0.671. The molecule has 4 rings (SSSR count). The number of aromatic amines is 1. The van der Waals surface area contributed by atoms with Crippen LogP contribution in [0.25, 0.3) is 0 Å². The Kier molecular flexibility index (Phi) is 5.21. The van der Waals surface area contributed by atoms with Crippen molar-refractivity contribution >= 4 is 17.6 Å². The number of carbonyl (C=O) groups is 1.